The smallest absolute Gasteiger partial charge is 0.129 e. The van der Waals surface area contributed by atoms with Crippen LogP contribution in [0.3, 0.4) is 0 Å². The summed E-state index contributed by atoms with van der Waals surface area (Å²) in [5.41, 5.74) is 3.29. The first-order valence-electron chi connectivity index (χ1n) is 5.64. The Morgan fingerprint density at radius 3 is 2.74 bits per heavy atom. The average Bonchev–Trinajstić information content (AvgIpc) is 2.41. The predicted molar refractivity (Wildman–Crippen MR) is 73.4 cm³/mol. The van der Waals surface area contributed by atoms with E-state index in [9.17, 15) is 4.39 Å². The highest BCUT2D eigenvalue weighted by Crippen LogP contribution is 2.29. The Kier molecular flexibility index (Phi) is 3.81. The van der Waals surface area contributed by atoms with E-state index in [0.717, 1.165) is 5.56 Å². The quantitative estimate of drug-likeness (QED) is 0.390. The van der Waals surface area contributed by atoms with Crippen LogP contribution < -0.4 is 0 Å². The highest BCUT2D eigenvalue weighted by atomic mass is 35.5. The molecule has 0 radical (unpaired) electrons. The summed E-state index contributed by atoms with van der Waals surface area (Å²) in [6.45, 7) is 3.52. The molecule has 0 unspecified atom stereocenters. The molecule has 2 aromatic rings. The molecule has 1 heterocycles. The second-order valence-corrected chi connectivity index (χ2v) is 4.58. The zero-order valence-corrected chi connectivity index (χ0v) is 11.2. The Hall–Kier alpha value is -1.94. The number of oxime groups is 1. The molecule has 1 aromatic carbocycles. The Bertz CT molecular complexity index is 656. The summed E-state index contributed by atoms with van der Waals surface area (Å²) in [4.78, 5) is 4.01. The van der Waals surface area contributed by atoms with E-state index in [2.05, 4.69) is 10.1 Å². The number of nitrogens with zero attached hydrogens (tertiary/aromatic N) is 2. The van der Waals surface area contributed by atoms with Crippen molar-refractivity contribution in [3.8, 4) is 11.1 Å². The highest BCUT2D eigenvalue weighted by molar-refractivity contribution is 6.30. The molecular weight excluding hydrogens is 267 g/mol. The molecule has 98 valence electrons. The van der Waals surface area contributed by atoms with Crippen LogP contribution in [0.4, 0.5) is 4.39 Å². The van der Waals surface area contributed by atoms with Crippen molar-refractivity contribution < 1.29 is 9.60 Å². The third kappa shape index (κ3) is 2.74. The second kappa shape index (κ2) is 5.36. The molecule has 0 aliphatic carbocycles. The van der Waals surface area contributed by atoms with Crippen LogP contribution in [0.25, 0.3) is 11.1 Å². The van der Waals surface area contributed by atoms with Crippen LogP contribution in [0.15, 0.2) is 35.6 Å². The molecule has 0 fully saturated rings. The van der Waals surface area contributed by atoms with E-state index in [1.54, 1.807) is 25.3 Å². The third-order valence-corrected chi connectivity index (χ3v) is 3.11. The minimum atomic E-state index is -0.333. The fraction of sp³-hybridized carbons (Fsp3) is 0.143. The lowest BCUT2D eigenvalue weighted by Gasteiger charge is -2.11. The van der Waals surface area contributed by atoms with Crippen molar-refractivity contribution in [2.24, 2.45) is 5.16 Å². The molecule has 0 atom stereocenters. The topological polar surface area (TPSA) is 45.5 Å². The molecule has 0 spiro atoms. The average molecular weight is 279 g/mol. The summed E-state index contributed by atoms with van der Waals surface area (Å²) in [7, 11) is 0. The van der Waals surface area contributed by atoms with Crippen molar-refractivity contribution in [2.45, 2.75) is 13.8 Å². The number of aryl methyl sites for hydroxylation is 1. The van der Waals surface area contributed by atoms with Gasteiger partial charge in [-0.25, -0.2) is 9.37 Å². The Morgan fingerprint density at radius 2 is 2.05 bits per heavy atom. The lowest BCUT2D eigenvalue weighted by Crippen LogP contribution is -2.00. The molecule has 5 heteroatoms. The molecule has 0 saturated heterocycles. The summed E-state index contributed by atoms with van der Waals surface area (Å²) >= 11 is 5.85. The van der Waals surface area contributed by atoms with E-state index in [1.165, 1.54) is 12.1 Å². The van der Waals surface area contributed by atoms with E-state index >= 15 is 0 Å². The van der Waals surface area contributed by atoms with Crippen molar-refractivity contribution in [2.75, 3.05) is 0 Å². The molecule has 0 saturated carbocycles. The van der Waals surface area contributed by atoms with Gasteiger partial charge < -0.3 is 5.21 Å². The van der Waals surface area contributed by atoms with E-state index in [0.29, 0.717) is 22.4 Å². The number of aromatic nitrogens is 1. The Labute approximate surface area is 115 Å². The first-order chi connectivity index (χ1) is 9.02. The number of hydrogen-bond donors (Lipinski definition) is 1. The van der Waals surface area contributed by atoms with E-state index < -0.39 is 0 Å². The van der Waals surface area contributed by atoms with Crippen LogP contribution in [0, 0.1) is 12.7 Å². The molecule has 0 bridgehead atoms. The van der Waals surface area contributed by atoms with Crippen molar-refractivity contribution in [3.63, 3.8) is 0 Å². The summed E-state index contributed by atoms with van der Waals surface area (Å²) in [6, 6.07) is 6.11. The van der Waals surface area contributed by atoms with Crippen LogP contribution >= 0.6 is 11.6 Å². The van der Waals surface area contributed by atoms with Gasteiger partial charge in [-0.15, -0.1) is 0 Å². The normalized spacial score (nSPS) is 11.7. The molecule has 0 aliphatic rings. The molecule has 0 amide bonds. The van der Waals surface area contributed by atoms with Crippen LogP contribution in [-0.4, -0.2) is 15.9 Å². The van der Waals surface area contributed by atoms with Gasteiger partial charge in [-0.1, -0.05) is 22.8 Å². The minimum absolute atomic E-state index is 0.288. The molecular formula is C14H12ClFN2O. The van der Waals surface area contributed by atoms with Crippen molar-refractivity contribution in [1.82, 2.24) is 4.98 Å². The SMILES string of the molecule is C/C(=N\O)c1cc(Cl)ncc1-c1cc(F)ccc1C. The van der Waals surface area contributed by atoms with Gasteiger partial charge >= 0.3 is 0 Å². The lowest BCUT2D eigenvalue weighted by molar-refractivity contribution is 0.319. The lowest BCUT2D eigenvalue weighted by atomic mass is 9.96. The fourth-order valence-electron chi connectivity index (χ4n) is 1.88. The number of hydrogen-bond acceptors (Lipinski definition) is 3. The zero-order valence-electron chi connectivity index (χ0n) is 10.5. The summed E-state index contributed by atoms with van der Waals surface area (Å²) < 4.78 is 13.4. The molecule has 1 aromatic heterocycles. The molecule has 0 aliphatic heterocycles. The third-order valence-electron chi connectivity index (χ3n) is 2.90. The summed E-state index contributed by atoms with van der Waals surface area (Å²) in [6.07, 6.45) is 1.55. The Morgan fingerprint density at radius 1 is 1.32 bits per heavy atom. The van der Waals surface area contributed by atoms with E-state index in [-0.39, 0.29) is 11.0 Å². The summed E-state index contributed by atoms with van der Waals surface area (Å²) in [5.74, 6) is -0.333. The Balaban J connectivity index is 2.71. The molecule has 1 N–H and O–H groups in total. The van der Waals surface area contributed by atoms with Gasteiger partial charge in [-0.05, 0) is 43.2 Å². The highest BCUT2D eigenvalue weighted by Gasteiger charge is 2.12. The van der Waals surface area contributed by atoms with Crippen LogP contribution in [0.1, 0.15) is 18.1 Å². The van der Waals surface area contributed by atoms with Gasteiger partial charge in [0.2, 0.25) is 0 Å². The summed E-state index contributed by atoms with van der Waals surface area (Å²) in [5, 5.41) is 12.4. The maximum atomic E-state index is 13.4. The van der Waals surface area contributed by atoms with Gasteiger partial charge in [0.25, 0.3) is 0 Å². The van der Waals surface area contributed by atoms with Gasteiger partial charge in [0.05, 0.1) is 5.71 Å². The van der Waals surface area contributed by atoms with Crippen LogP contribution in [-0.2, 0) is 0 Å². The van der Waals surface area contributed by atoms with Gasteiger partial charge in [-0.2, -0.15) is 0 Å². The van der Waals surface area contributed by atoms with Crippen molar-refractivity contribution >= 4 is 17.3 Å². The number of pyridine rings is 1. The van der Waals surface area contributed by atoms with E-state index in [1.807, 2.05) is 6.92 Å². The molecule has 2 rings (SSSR count). The van der Waals surface area contributed by atoms with Crippen LogP contribution in [0.2, 0.25) is 5.15 Å². The van der Waals surface area contributed by atoms with E-state index in [4.69, 9.17) is 16.8 Å². The van der Waals surface area contributed by atoms with Gasteiger partial charge in [0, 0.05) is 17.3 Å². The van der Waals surface area contributed by atoms with Crippen molar-refractivity contribution in [3.05, 3.63) is 52.6 Å². The second-order valence-electron chi connectivity index (χ2n) is 4.20. The van der Waals surface area contributed by atoms with Gasteiger partial charge in [0.15, 0.2) is 0 Å². The number of benzene rings is 1. The van der Waals surface area contributed by atoms with Gasteiger partial charge in [-0.3, -0.25) is 0 Å². The molecule has 3 nitrogen and oxygen atoms in total. The fourth-order valence-corrected chi connectivity index (χ4v) is 2.04. The maximum Gasteiger partial charge on any atom is 0.129 e. The largest absolute Gasteiger partial charge is 0.411 e. The van der Waals surface area contributed by atoms with Crippen LogP contribution in [0.5, 0.6) is 0 Å². The minimum Gasteiger partial charge on any atom is -0.411 e. The first kappa shape index (κ1) is 13.5. The zero-order chi connectivity index (χ0) is 14.0. The predicted octanol–water partition coefficient (Wildman–Crippen LogP) is 4.05. The molecule has 19 heavy (non-hydrogen) atoms. The monoisotopic (exact) mass is 278 g/mol. The number of halogens is 2. The van der Waals surface area contributed by atoms with Crippen molar-refractivity contribution in [1.29, 1.82) is 0 Å². The maximum absolute atomic E-state index is 13.4. The standard InChI is InChI=1S/C14H12ClFN2O/c1-8-3-4-10(16)5-11(8)13-7-17-14(15)6-12(13)9(2)18-19/h3-7,19H,1-2H3/b18-9+. The number of rotatable bonds is 2. The first-order valence-corrected chi connectivity index (χ1v) is 6.02. The van der Waals surface area contributed by atoms with Gasteiger partial charge in [0.1, 0.15) is 11.0 Å².